The highest BCUT2D eigenvalue weighted by molar-refractivity contribution is 5.97. The molecule has 1 spiro atoms. The van der Waals surface area contributed by atoms with Gasteiger partial charge in [-0.15, -0.1) is 10.2 Å². The third-order valence-electron chi connectivity index (χ3n) is 9.07. The van der Waals surface area contributed by atoms with Gasteiger partial charge in [0.2, 0.25) is 0 Å². The van der Waals surface area contributed by atoms with Crippen molar-refractivity contribution in [3.8, 4) is 11.6 Å². The molecule has 10 nitrogen and oxygen atoms in total. The van der Waals surface area contributed by atoms with Crippen molar-refractivity contribution < 1.29 is 18.7 Å². The molecule has 1 amide bonds. The van der Waals surface area contributed by atoms with Crippen LogP contribution in [-0.4, -0.2) is 114 Å². The smallest absolute Gasteiger partial charge is 0.282 e. The van der Waals surface area contributed by atoms with Gasteiger partial charge < -0.3 is 24.2 Å². The van der Waals surface area contributed by atoms with Gasteiger partial charge in [-0.1, -0.05) is 13.8 Å². The largest absolute Gasteiger partial charge is 0.434 e. The van der Waals surface area contributed by atoms with Gasteiger partial charge in [0, 0.05) is 63.4 Å². The number of halogens is 1. The zero-order chi connectivity index (χ0) is 32.0. The summed E-state index contributed by atoms with van der Waals surface area (Å²) in [5.41, 5.74) is 0.359. The minimum absolute atomic E-state index is 0.0623. The van der Waals surface area contributed by atoms with Crippen LogP contribution in [0.3, 0.4) is 0 Å². The number of carbonyl (C=O) groups excluding carboxylic acids is 1. The Kier molecular flexibility index (Phi) is 11.5. The molecule has 1 atom stereocenters. The maximum Gasteiger partial charge on any atom is 0.282 e. The second kappa shape index (κ2) is 14.9. The van der Waals surface area contributed by atoms with E-state index in [1.165, 1.54) is 37.4 Å². The molecule has 244 valence electrons. The molecule has 0 N–H and O–H groups in total. The van der Waals surface area contributed by atoms with Crippen molar-refractivity contribution in [1.29, 1.82) is 0 Å². The number of ether oxygens (including phenoxy) is 2. The Balaban J connectivity index is 1.43. The predicted molar refractivity (Wildman–Crippen MR) is 171 cm³/mol. The van der Waals surface area contributed by atoms with Crippen LogP contribution in [0, 0.1) is 17.2 Å². The summed E-state index contributed by atoms with van der Waals surface area (Å²) < 4.78 is 25.8. The molecule has 0 unspecified atom stereocenters. The first kappa shape index (κ1) is 34.0. The average Bonchev–Trinajstić information content (AvgIpc) is 3.40. The molecule has 0 bridgehead atoms. The number of aromatic nitrogens is 3. The summed E-state index contributed by atoms with van der Waals surface area (Å²) >= 11 is 0. The number of nitrogens with zero attached hydrogens (tertiary/aromatic N) is 7. The van der Waals surface area contributed by atoms with Gasteiger partial charge in [0.05, 0.1) is 12.2 Å². The van der Waals surface area contributed by atoms with Crippen LogP contribution >= 0.6 is 0 Å². The lowest BCUT2D eigenvalue weighted by Gasteiger charge is -2.53. The fraction of sp³-hybridized carbons (Fsp3) is 0.697. The number of rotatable bonds is 15. The minimum Gasteiger partial charge on any atom is -0.434 e. The van der Waals surface area contributed by atoms with Gasteiger partial charge in [0.25, 0.3) is 11.8 Å². The van der Waals surface area contributed by atoms with Crippen LogP contribution < -0.4 is 9.64 Å². The molecule has 2 fully saturated rings. The highest BCUT2D eigenvalue weighted by atomic mass is 19.1. The monoisotopic (exact) mass is 613 g/mol. The number of anilines is 1. The van der Waals surface area contributed by atoms with E-state index in [-0.39, 0.29) is 40.6 Å². The Morgan fingerprint density at radius 2 is 1.82 bits per heavy atom. The lowest BCUT2D eigenvalue weighted by Crippen LogP contribution is -2.62. The van der Waals surface area contributed by atoms with E-state index in [9.17, 15) is 9.18 Å². The lowest BCUT2D eigenvalue weighted by molar-refractivity contribution is -0.0345. The van der Waals surface area contributed by atoms with Crippen LogP contribution in [0.25, 0.3) is 0 Å². The number of amides is 1. The molecule has 3 heterocycles. The third-order valence-corrected chi connectivity index (χ3v) is 9.07. The van der Waals surface area contributed by atoms with Gasteiger partial charge in [-0.25, -0.2) is 9.37 Å². The van der Waals surface area contributed by atoms with Crippen molar-refractivity contribution in [2.24, 2.45) is 11.3 Å². The van der Waals surface area contributed by atoms with Crippen LogP contribution in [0.15, 0.2) is 24.5 Å². The summed E-state index contributed by atoms with van der Waals surface area (Å²) in [6, 6.07) is 4.45. The van der Waals surface area contributed by atoms with Crippen molar-refractivity contribution in [3.05, 3.63) is 35.9 Å². The highest BCUT2D eigenvalue weighted by Gasteiger charge is 2.50. The molecule has 1 aromatic carbocycles. The molecule has 2 aliphatic rings. The van der Waals surface area contributed by atoms with E-state index >= 15 is 0 Å². The topological polar surface area (TPSA) is 87.2 Å². The second-order valence-electron chi connectivity index (χ2n) is 13.6. The maximum atomic E-state index is 14.4. The standard InChI is InChI=1S/C33H52FN7O3/c1-23(2)28(10-9-14-38(7)16-17-43-8)40-20-33(21-40)13-15-39(19-33)30-31(37-36-22-35-30)44-29-12-11-26(34)18-27(29)32(42)41(24(3)4)25(5)6/h11-12,18,22-25,28H,9-10,13-17,19-21H2,1-8H3/t28-/m1/s1. The van der Waals surface area contributed by atoms with Gasteiger partial charge in [0.15, 0.2) is 5.82 Å². The van der Waals surface area contributed by atoms with E-state index in [0.29, 0.717) is 17.8 Å². The number of likely N-dealkylation sites (tertiary alicyclic amines) is 1. The molecule has 44 heavy (non-hydrogen) atoms. The van der Waals surface area contributed by atoms with Crippen LogP contribution in [0.2, 0.25) is 0 Å². The van der Waals surface area contributed by atoms with Crippen molar-refractivity contribution in [2.45, 2.75) is 78.9 Å². The summed E-state index contributed by atoms with van der Waals surface area (Å²) in [5, 5.41) is 8.24. The molecule has 2 saturated heterocycles. The Labute approximate surface area is 262 Å². The highest BCUT2D eigenvalue weighted by Crippen LogP contribution is 2.44. The number of hydrogen-bond donors (Lipinski definition) is 0. The van der Waals surface area contributed by atoms with Crippen molar-refractivity contribution in [1.82, 2.24) is 29.9 Å². The molecule has 2 aliphatic heterocycles. The number of likely N-dealkylation sites (N-methyl/N-ethyl adjacent to an activating group) is 1. The first-order chi connectivity index (χ1) is 20.9. The van der Waals surface area contributed by atoms with Crippen LogP contribution in [0.1, 0.15) is 71.2 Å². The van der Waals surface area contributed by atoms with E-state index in [4.69, 9.17) is 9.47 Å². The molecule has 4 rings (SSSR count). The number of methoxy groups -OCH3 is 1. The fourth-order valence-electron chi connectivity index (χ4n) is 6.90. The van der Waals surface area contributed by atoms with Crippen molar-refractivity contribution in [2.75, 3.05) is 64.9 Å². The molecular formula is C33H52FN7O3. The molecule has 0 radical (unpaired) electrons. The van der Waals surface area contributed by atoms with E-state index in [1.807, 2.05) is 27.7 Å². The van der Waals surface area contributed by atoms with Crippen LogP contribution in [0.4, 0.5) is 10.2 Å². The summed E-state index contributed by atoms with van der Waals surface area (Å²) in [6.07, 6.45) is 4.85. The maximum absolute atomic E-state index is 14.4. The molecule has 0 saturated carbocycles. The zero-order valence-electron chi connectivity index (χ0n) is 27.9. The lowest BCUT2D eigenvalue weighted by atomic mass is 9.76. The summed E-state index contributed by atoms with van der Waals surface area (Å²) in [4.78, 5) is 27.0. The van der Waals surface area contributed by atoms with E-state index in [0.717, 1.165) is 52.3 Å². The van der Waals surface area contributed by atoms with Gasteiger partial charge in [-0.2, -0.15) is 0 Å². The van der Waals surface area contributed by atoms with E-state index < -0.39 is 5.82 Å². The predicted octanol–water partition coefficient (Wildman–Crippen LogP) is 4.96. The Morgan fingerprint density at radius 1 is 1.09 bits per heavy atom. The first-order valence-electron chi connectivity index (χ1n) is 16.1. The van der Waals surface area contributed by atoms with Crippen molar-refractivity contribution in [3.63, 3.8) is 0 Å². The number of carbonyl (C=O) groups is 1. The molecular weight excluding hydrogens is 561 g/mol. The second-order valence-corrected chi connectivity index (χ2v) is 13.6. The van der Waals surface area contributed by atoms with Gasteiger partial charge in [-0.3, -0.25) is 9.69 Å². The Hall–Kier alpha value is -2.89. The number of benzene rings is 1. The van der Waals surface area contributed by atoms with Crippen LogP contribution in [0.5, 0.6) is 11.6 Å². The average molecular weight is 614 g/mol. The van der Waals surface area contributed by atoms with E-state index in [2.05, 4.69) is 50.8 Å². The normalized spacial score (nSPS) is 17.2. The number of hydrogen-bond acceptors (Lipinski definition) is 9. The van der Waals surface area contributed by atoms with Crippen LogP contribution in [-0.2, 0) is 4.74 Å². The molecule has 11 heteroatoms. The van der Waals surface area contributed by atoms with Gasteiger partial charge >= 0.3 is 0 Å². The fourth-order valence-corrected chi connectivity index (χ4v) is 6.90. The summed E-state index contributed by atoms with van der Waals surface area (Å²) in [6.45, 7) is 19.1. The van der Waals surface area contributed by atoms with Gasteiger partial charge in [-0.05, 0) is 84.7 Å². The summed E-state index contributed by atoms with van der Waals surface area (Å²) in [7, 11) is 3.91. The van der Waals surface area contributed by atoms with E-state index in [1.54, 1.807) is 12.0 Å². The SMILES string of the molecule is COCCN(C)CCC[C@H](C(C)C)N1CC2(CCN(c3ncnnc3Oc3ccc(F)cc3C(=O)N(C(C)C)C(C)C)C2)C1. The molecule has 2 aromatic rings. The minimum atomic E-state index is -0.500. The molecule has 1 aromatic heterocycles. The Bertz CT molecular complexity index is 1230. The first-order valence-corrected chi connectivity index (χ1v) is 16.1. The Morgan fingerprint density at radius 3 is 2.48 bits per heavy atom. The van der Waals surface area contributed by atoms with Crippen molar-refractivity contribution >= 4 is 11.7 Å². The summed E-state index contributed by atoms with van der Waals surface area (Å²) in [5.74, 6) is 0.859. The third kappa shape index (κ3) is 8.03. The quantitative estimate of drug-likeness (QED) is 0.277. The molecule has 0 aliphatic carbocycles. The van der Waals surface area contributed by atoms with Gasteiger partial charge in [0.1, 0.15) is 17.9 Å². The zero-order valence-corrected chi connectivity index (χ0v) is 27.9.